The average Bonchev–Trinajstić information content (AvgIpc) is 0.783. The minimum absolute atomic E-state index is 0.225. The summed E-state index contributed by atoms with van der Waals surface area (Å²) in [5.41, 5.74) is -2.24. The number of benzene rings is 3. The SMILES string of the molecule is CCCCCCCCCCCCOc1ccc(S(=O)(=O)N(C/C=C/CN(C/C=C/CN(C(=O)OC(C)(C)C)S(=O)(=O)c2ccc(OCCCCCCCCCCCC)c(OCCCCCCCCCCCC)c2)S(=O)(=O)c2ccc(F)cc2)C(=O)OC(C)(C)C)cc1OCCCCCCCCCCCC. The molecule has 2 amide bonds. The zero-order valence-electron chi connectivity index (χ0n) is 66.7. The van der Waals surface area contributed by atoms with Gasteiger partial charge >= 0.3 is 12.2 Å². The van der Waals surface area contributed by atoms with Crippen molar-refractivity contribution in [2.24, 2.45) is 0 Å². The molecular weight excluding hydrogens is 1390 g/mol. The van der Waals surface area contributed by atoms with Gasteiger partial charge in [-0.15, -0.1) is 0 Å². The molecular formula is C84H140FN3O14S3. The fourth-order valence-corrected chi connectivity index (χ4v) is 15.9. The highest BCUT2D eigenvalue weighted by Gasteiger charge is 2.35. The van der Waals surface area contributed by atoms with Gasteiger partial charge in [0, 0.05) is 25.2 Å². The zero-order valence-corrected chi connectivity index (χ0v) is 69.1. The first-order valence-electron chi connectivity index (χ1n) is 40.7. The summed E-state index contributed by atoms with van der Waals surface area (Å²) in [6.07, 6.45) is 48.8. The van der Waals surface area contributed by atoms with Crippen LogP contribution in [0.25, 0.3) is 0 Å². The number of hydrogen-bond donors (Lipinski definition) is 0. The van der Waals surface area contributed by atoms with E-state index < -0.39 is 85.5 Å². The zero-order chi connectivity index (χ0) is 77.1. The van der Waals surface area contributed by atoms with E-state index in [0.29, 0.717) is 46.5 Å². The lowest BCUT2D eigenvalue weighted by molar-refractivity contribution is 0.0391. The Hall–Kier alpha value is -5.38. The molecule has 21 heteroatoms. The molecule has 3 rings (SSSR count). The first-order valence-corrected chi connectivity index (χ1v) is 45.0. The van der Waals surface area contributed by atoms with Gasteiger partial charge in [0.2, 0.25) is 10.0 Å². The van der Waals surface area contributed by atoms with Crippen LogP contribution in [-0.2, 0) is 39.5 Å². The number of rotatable bonds is 62. The molecule has 17 nitrogen and oxygen atoms in total. The van der Waals surface area contributed by atoms with Crippen molar-refractivity contribution in [2.75, 3.05) is 52.6 Å². The number of halogens is 1. The second kappa shape index (κ2) is 54.2. The second-order valence-electron chi connectivity index (χ2n) is 30.1. The van der Waals surface area contributed by atoms with Crippen LogP contribution in [0.2, 0.25) is 0 Å². The van der Waals surface area contributed by atoms with Gasteiger partial charge in [-0.05, 0) is 116 Å². The molecule has 0 N–H and O–H groups in total. The van der Waals surface area contributed by atoms with Gasteiger partial charge in [-0.1, -0.05) is 283 Å². The lowest BCUT2D eigenvalue weighted by atomic mass is 10.1. The maximum absolute atomic E-state index is 14.9. The van der Waals surface area contributed by atoms with E-state index >= 15 is 0 Å². The summed E-state index contributed by atoms with van der Waals surface area (Å²) in [5.74, 6) is 0.544. The number of amides is 2. The Bertz CT molecular complexity index is 3050. The molecule has 3 aromatic rings. The molecule has 0 aliphatic heterocycles. The normalized spacial score (nSPS) is 12.4. The van der Waals surface area contributed by atoms with Crippen LogP contribution in [0.3, 0.4) is 0 Å². The molecule has 0 aromatic heterocycles. The molecule has 0 fully saturated rings. The number of ether oxygens (including phenoxy) is 6. The van der Waals surface area contributed by atoms with Crippen molar-refractivity contribution in [2.45, 2.75) is 352 Å². The van der Waals surface area contributed by atoms with Gasteiger partial charge in [-0.2, -0.15) is 12.9 Å². The molecule has 0 radical (unpaired) electrons. The summed E-state index contributed by atoms with van der Waals surface area (Å²) in [4.78, 5) is 27.4. The largest absolute Gasteiger partial charge is 0.490 e. The van der Waals surface area contributed by atoms with Gasteiger partial charge in [0.05, 0.1) is 54.2 Å². The molecule has 105 heavy (non-hydrogen) atoms. The highest BCUT2D eigenvalue weighted by atomic mass is 32.2. The van der Waals surface area contributed by atoms with Gasteiger partial charge < -0.3 is 28.4 Å². The van der Waals surface area contributed by atoms with E-state index in [4.69, 9.17) is 28.4 Å². The van der Waals surface area contributed by atoms with Gasteiger partial charge in [0.15, 0.2) is 23.0 Å². The van der Waals surface area contributed by atoms with Crippen molar-refractivity contribution in [3.05, 3.63) is 90.8 Å². The number of nitrogens with zero attached hydrogens (tertiary/aromatic N) is 3. The Balaban J connectivity index is 1.96. The Labute approximate surface area is 637 Å². The predicted octanol–water partition coefficient (Wildman–Crippen LogP) is 23.4. The molecule has 0 atom stereocenters. The lowest BCUT2D eigenvalue weighted by Crippen LogP contribution is -2.41. The smallest absolute Gasteiger partial charge is 0.424 e. The van der Waals surface area contributed by atoms with Crippen LogP contribution in [-0.4, -0.2) is 114 Å². The Morgan fingerprint density at radius 2 is 0.562 bits per heavy atom. The summed E-state index contributed by atoms with van der Waals surface area (Å²) >= 11 is 0. The lowest BCUT2D eigenvalue weighted by Gasteiger charge is -2.27. The number of hydrogen-bond acceptors (Lipinski definition) is 14. The second-order valence-corrected chi connectivity index (χ2v) is 35.8. The van der Waals surface area contributed by atoms with Crippen molar-refractivity contribution in [3.8, 4) is 23.0 Å². The molecule has 0 aliphatic carbocycles. The van der Waals surface area contributed by atoms with Gasteiger partial charge in [-0.25, -0.2) is 39.2 Å². The van der Waals surface area contributed by atoms with Crippen LogP contribution in [0.1, 0.15) is 326 Å². The molecule has 3 aromatic carbocycles. The van der Waals surface area contributed by atoms with Crippen molar-refractivity contribution < 1.29 is 67.7 Å². The van der Waals surface area contributed by atoms with Crippen LogP contribution in [0.15, 0.2) is 99.7 Å². The fourth-order valence-electron chi connectivity index (χ4n) is 12.0. The van der Waals surface area contributed by atoms with Crippen molar-refractivity contribution in [3.63, 3.8) is 0 Å². The maximum Gasteiger partial charge on any atom is 0.424 e. The molecule has 0 unspecified atom stereocenters. The highest BCUT2D eigenvalue weighted by Crippen LogP contribution is 2.35. The summed E-state index contributed by atoms with van der Waals surface area (Å²) in [6, 6.07) is 12.8. The molecule has 0 saturated carbocycles. The molecule has 0 saturated heterocycles. The maximum atomic E-state index is 14.9. The first kappa shape index (κ1) is 93.8. The van der Waals surface area contributed by atoms with E-state index in [1.807, 2.05) is 0 Å². The Kier molecular flexibility index (Phi) is 48.5. The fraction of sp³-hybridized carbons (Fsp3) is 0.714. The van der Waals surface area contributed by atoms with E-state index in [1.165, 1.54) is 216 Å². The van der Waals surface area contributed by atoms with Crippen LogP contribution < -0.4 is 18.9 Å². The van der Waals surface area contributed by atoms with Crippen LogP contribution >= 0.6 is 0 Å². The Morgan fingerprint density at radius 1 is 0.324 bits per heavy atom. The molecule has 0 heterocycles. The summed E-state index contributed by atoms with van der Waals surface area (Å²) < 4.78 is 141. The standard InChI is InChI=1S/C84H140FN3O14S3/c1-11-15-19-23-27-31-35-39-43-51-67-97-77-61-59-75(71-79(77)99-69-53-45-41-37-33-29-25-21-17-13-3)104(93,94)87(81(89)101-83(5,6)7)65-49-47-63-86(103(91,92)74-57-55-73(85)56-58-74)64-48-50-66-88(82(90)102-84(8,9)10)105(95,96)76-60-62-78(98-68-52-44-40-36-32-28-24-20-16-12-2)80(72-76)100-70-54-46-42-38-34-30-26-22-18-14-4/h47-50,55-62,71-72H,11-46,51-54,63-70H2,1-10H3/b49-47+,50-48+. The van der Waals surface area contributed by atoms with Crippen LogP contribution in [0.4, 0.5) is 14.0 Å². The van der Waals surface area contributed by atoms with Crippen molar-refractivity contribution >= 4 is 42.3 Å². The highest BCUT2D eigenvalue weighted by molar-refractivity contribution is 7.90. The molecule has 600 valence electrons. The molecule has 0 spiro atoms. The van der Waals surface area contributed by atoms with Gasteiger partial charge in [0.1, 0.15) is 17.0 Å². The van der Waals surface area contributed by atoms with Crippen LogP contribution in [0, 0.1) is 5.82 Å². The molecule has 0 aliphatic rings. The Morgan fingerprint density at radius 3 is 0.829 bits per heavy atom. The predicted molar refractivity (Wildman–Crippen MR) is 426 cm³/mol. The number of unbranched alkanes of at least 4 members (excludes halogenated alkanes) is 36. The summed E-state index contributed by atoms with van der Waals surface area (Å²) in [6.45, 7) is 18.0. The van der Waals surface area contributed by atoms with E-state index in [1.54, 1.807) is 53.7 Å². The van der Waals surface area contributed by atoms with Gasteiger partial charge in [-0.3, -0.25) is 0 Å². The van der Waals surface area contributed by atoms with Crippen LogP contribution in [0.5, 0.6) is 23.0 Å². The summed E-state index contributed by atoms with van der Waals surface area (Å²) in [7, 11) is -13.9. The number of sulfonamides is 3. The summed E-state index contributed by atoms with van der Waals surface area (Å²) in [5, 5.41) is 0. The van der Waals surface area contributed by atoms with Gasteiger partial charge in [0.25, 0.3) is 20.0 Å². The number of carbonyl (C=O) groups is 2. The third kappa shape index (κ3) is 40.6. The quantitative estimate of drug-likeness (QED) is 0.0381. The third-order valence-electron chi connectivity index (χ3n) is 18.2. The van der Waals surface area contributed by atoms with Crippen molar-refractivity contribution in [1.82, 2.24) is 12.9 Å². The first-order chi connectivity index (χ1) is 50.3. The van der Waals surface area contributed by atoms with Crippen molar-refractivity contribution in [1.29, 1.82) is 0 Å². The topological polar surface area (TPSA) is 202 Å². The minimum Gasteiger partial charge on any atom is -0.490 e. The van der Waals surface area contributed by atoms with E-state index in [9.17, 15) is 39.2 Å². The molecule has 0 bridgehead atoms. The number of carbonyl (C=O) groups excluding carboxylic acids is 2. The van der Waals surface area contributed by atoms with E-state index in [-0.39, 0.29) is 26.2 Å². The average molecular weight is 1530 g/mol. The van der Waals surface area contributed by atoms with E-state index in [0.717, 1.165) is 118 Å². The van der Waals surface area contributed by atoms with E-state index in [2.05, 4.69) is 27.7 Å². The monoisotopic (exact) mass is 1530 g/mol. The third-order valence-corrected chi connectivity index (χ3v) is 23.5. The minimum atomic E-state index is -4.70.